The zero-order chi connectivity index (χ0) is 16.7. The maximum atomic E-state index is 12.5. The van der Waals surface area contributed by atoms with Crippen LogP contribution in [0.1, 0.15) is 37.3 Å². The number of nitrogens with one attached hydrogen (secondary N) is 1. The van der Waals surface area contributed by atoms with Gasteiger partial charge in [0.05, 0.1) is 5.56 Å². The first-order valence-electron chi connectivity index (χ1n) is 6.75. The van der Waals surface area contributed by atoms with Crippen LogP contribution in [-0.2, 0) is 15.8 Å². The van der Waals surface area contributed by atoms with Crippen molar-refractivity contribution in [2.45, 2.75) is 37.9 Å². The molecule has 2 rings (SSSR count). The highest BCUT2D eigenvalue weighted by molar-refractivity contribution is 5.89. The van der Waals surface area contributed by atoms with E-state index in [2.05, 4.69) is 5.32 Å². The van der Waals surface area contributed by atoms with Crippen molar-refractivity contribution in [3.05, 3.63) is 35.4 Å². The number of carboxylic acids is 1. The normalized spacial score (nSPS) is 21.3. The number of hydrogen-bond acceptors (Lipinski definition) is 2. The van der Waals surface area contributed by atoms with Gasteiger partial charge in [-0.15, -0.1) is 0 Å². The molecule has 0 bridgehead atoms. The van der Waals surface area contributed by atoms with Gasteiger partial charge in [0, 0.05) is 5.92 Å². The lowest BCUT2D eigenvalue weighted by Crippen LogP contribution is -2.50. The van der Waals surface area contributed by atoms with E-state index in [-0.39, 0.29) is 5.92 Å². The third-order valence-corrected chi connectivity index (χ3v) is 3.76. The van der Waals surface area contributed by atoms with Gasteiger partial charge in [-0.2, -0.15) is 13.2 Å². The van der Waals surface area contributed by atoms with Gasteiger partial charge in [0.1, 0.15) is 5.54 Å². The van der Waals surface area contributed by atoms with E-state index in [4.69, 9.17) is 5.11 Å². The molecule has 0 radical (unpaired) electrons. The Balaban J connectivity index is 2.00. The summed E-state index contributed by atoms with van der Waals surface area (Å²) in [5.74, 6) is -2.09. The van der Waals surface area contributed by atoms with Crippen LogP contribution < -0.4 is 5.32 Å². The molecule has 2 N–H and O–H groups in total. The Morgan fingerprint density at radius 1 is 1.18 bits per heavy atom. The molecule has 0 aromatic heterocycles. The predicted octanol–water partition coefficient (Wildman–Crippen LogP) is 2.79. The van der Waals surface area contributed by atoms with Crippen LogP contribution >= 0.6 is 0 Å². The molecule has 0 heterocycles. The Bertz CT molecular complexity index is 593. The number of carbonyl (C=O) groups excluding carboxylic acids is 1. The molecule has 2 atom stereocenters. The average Bonchev–Trinajstić information content (AvgIpc) is 3.17. The molecule has 22 heavy (non-hydrogen) atoms. The summed E-state index contributed by atoms with van der Waals surface area (Å²) >= 11 is 0. The molecule has 4 nitrogen and oxygen atoms in total. The molecule has 1 fully saturated rings. The van der Waals surface area contributed by atoms with Crippen molar-refractivity contribution in [1.82, 2.24) is 5.32 Å². The van der Waals surface area contributed by atoms with Gasteiger partial charge < -0.3 is 10.4 Å². The highest BCUT2D eigenvalue weighted by Crippen LogP contribution is 2.48. The minimum Gasteiger partial charge on any atom is -0.480 e. The second-order valence-corrected chi connectivity index (χ2v) is 5.99. The highest BCUT2D eigenvalue weighted by atomic mass is 19.4. The number of halogens is 3. The lowest BCUT2D eigenvalue weighted by Gasteiger charge is -2.21. The summed E-state index contributed by atoms with van der Waals surface area (Å²) < 4.78 is 37.4. The summed E-state index contributed by atoms with van der Waals surface area (Å²) in [6, 6.07) is 4.71. The van der Waals surface area contributed by atoms with Crippen molar-refractivity contribution >= 4 is 11.9 Å². The van der Waals surface area contributed by atoms with Crippen LogP contribution in [0.4, 0.5) is 13.2 Å². The Morgan fingerprint density at radius 2 is 1.73 bits per heavy atom. The summed E-state index contributed by atoms with van der Waals surface area (Å²) in [5.41, 5.74) is -1.45. The second kappa shape index (κ2) is 5.30. The van der Waals surface area contributed by atoms with E-state index in [0.29, 0.717) is 12.0 Å². The van der Waals surface area contributed by atoms with Gasteiger partial charge in [-0.25, -0.2) is 4.79 Å². The fraction of sp³-hybridized carbons (Fsp3) is 0.467. The standard InChI is InChI=1S/C15H16F3NO3/c1-14(2,13(21)22)19-12(20)11-7-10(11)8-3-5-9(6-4-8)15(16,17)18/h3-6,10-11H,7H2,1-2H3,(H,19,20)(H,21,22). The van der Waals surface area contributed by atoms with E-state index < -0.39 is 35.1 Å². The first-order valence-corrected chi connectivity index (χ1v) is 6.75. The van der Waals surface area contributed by atoms with Crippen LogP contribution in [0.3, 0.4) is 0 Å². The quantitative estimate of drug-likeness (QED) is 0.898. The highest BCUT2D eigenvalue weighted by Gasteiger charge is 2.46. The predicted molar refractivity (Wildman–Crippen MR) is 72.1 cm³/mol. The van der Waals surface area contributed by atoms with Gasteiger partial charge >= 0.3 is 12.1 Å². The molecule has 0 spiro atoms. The van der Waals surface area contributed by atoms with E-state index in [0.717, 1.165) is 12.1 Å². The second-order valence-electron chi connectivity index (χ2n) is 5.99. The summed E-state index contributed by atoms with van der Waals surface area (Å²) in [6.45, 7) is 2.76. The van der Waals surface area contributed by atoms with Crippen LogP contribution in [0.15, 0.2) is 24.3 Å². The Kier molecular flexibility index (Phi) is 3.93. The van der Waals surface area contributed by atoms with Crippen LogP contribution in [0.2, 0.25) is 0 Å². The number of benzene rings is 1. The third-order valence-electron chi connectivity index (χ3n) is 3.76. The number of hydrogen-bond donors (Lipinski definition) is 2. The van der Waals surface area contributed by atoms with Crippen molar-refractivity contribution in [1.29, 1.82) is 0 Å². The number of carbonyl (C=O) groups is 2. The molecular weight excluding hydrogens is 299 g/mol. The smallest absolute Gasteiger partial charge is 0.416 e. The Hall–Kier alpha value is -2.05. The molecule has 7 heteroatoms. The minimum atomic E-state index is -4.38. The van der Waals surface area contributed by atoms with E-state index in [9.17, 15) is 22.8 Å². The molecule has 1 aliphatic carbocycles. The van der Waals surface area contributed by atoms with Crippen molar-refractivity contribution in [3.8, 4) is 0 Å². The number of amides is 1. The Morgan fingerprint density at radius 3 is 2.18 bits per heavy atom. The maximum Gasteiger partial charge on any atom is 0.416 e. The fourth-order valence-electron chi connectivity index (χ4n) is 2.23. The number of carboxylic acid groups (broad SMARTS) is 1. The maximum absolute atomic E-state index is 12.5. The van der Waals surface area contributed by atoms with Crippen LogP contribution in [-0.4, -0.2) is 22.5 Å². The molecule has 120 valence electrons. The Labute approximate surface area is 125 Å². The van der Waals surface area contributed by atoms with Gasteiger partial charge in [-0.3, -0.25) is 4.79 Å². The molecule has 0 aliphatic heterocycles. The summed E-state index contributed by atoms with van der Waals surface area (Å²) in [5, 5.41) is 11.4. The van der Waals surface area contributed by atoms with E-state index in [1.54, 1.807) is 0 Å². The van der Waals surface area contributed by atoms with Crippen molar-refractivity contribution in [3.63, 3.8) is 0 Å². The van der Waals surface area contributed by atoms with Crippen molar-refractivity contribution in [2.24, 2.45) is 5.92 Å². The van der Waals surface area contributed by atoms with Gasteiger partial charge in [0.2, 0.25) is 5.91 Å². The molecular formula is C15H16F3NO3. The first-order chi connectivity index (χ1) is 10.0. The fourth-order valence-corrected chi connectivity index (χ4v) is 2.23. The first kappa shape index (κ1) is 16.3. The number of aliphatic carboxylic acids is 1. The lowest BCUT2D eigenvalue weighted by molar-refractivity contribution is -0.146. The van der Waals surface area contributed by atoms with E-state index in [1.165, 1.54) is 26.0 Å². The molecule has 1 saturated carbocycles. The average molecular weight is 315 g/mol. The summed E-state index contributed by atoms with van der Waals surface area (Å²) in [6.07, 6.45) is -3.88. The van der Waals surface area contributed by atoms with Crippen molar-refractivity contribution < 1.29 is 27.9 Å². The van der Waals surface area contributed by atoms with Gasteiger partial charge in [0.25, 0.3) is 0 Å². The molecule has 1 aromatic rings. The molecule has 1 amide bonds. The monoisotopic (exact) mass is 315 g/mol. The molecule has 1 aromatic carbocycles. The van der Waals surface area contributed by atoms with Crippen molar-refractivity contribution in [2.75, 3.05) is 0 Å². The SMILES string of the molecule is CC(C)(NC(=O)C1CC1c1ccc(C(F)(F)F)cc1)C(=O)O. The van der Waals surface area contributed by atoms with Gasteiger partial charge in [-0.1, -0.05) is 12.1 Å². The molecule has 0 saturated heterocycles. The van der Waals surface area contributed by atoms with Crippen LogP contribution in [0.25, 0.3) is 0 Å². The van der Waals surface area contributed by atoms with Crippen LogP contribution in [0, 0.1) is 5.92 Å². The largest absolute Gasteiger partial charge is 0.480 e. The third kappa shape index (κ3) is 3.40. The topological polar surface area (TPSA) is 66.4 Å². The minimum absolute atomic E-state index is 0.160. The number of rotatable bonds is 4. The lowest BCUT2D eigenvalue weighted by atomic mass is 10.0. The zero-order valence-corrected chi connectivity index (χ0v) is 12.1. The summed E-state index contributed by atoms with van der Waals surface area (Å²) in [4.78, 5) is 22.9. The molecule has 1 aliphatic rings. The summed E-state index contributed by atoms with van der Waals surface area (Å²) in [7, 11) is 0. The van der Waals surface area contributed by atoms with E-state index in [1.807, 2.05) is 0 Å². The molecule has 2 unspecified atom stereocenters. The van der Waals surface area contributed by atoms with E-state index >= 15 is 0 Å². The zero-order valence-electron chi connectivity index (χ0n) is 12.1. The van der Waals surface area contributed by atoms with Crippen LogP contribution in [0.5, 0.6) is 0 Å². The van der Waals surface area contributed by atoms with Gasteiger partial charge in [-0.05, 0) is 43.9 Å². The number of alkyl halides is 3. The van der Waals surface area contributed by atoms with Gasteiger partial charge in [0.15, 0.2) is 0 Å².